The van der Waals surface area contributed by atoms with Crippen LogP contribution < -0.4 is 4.90 Å². The first-order valence-electron chi connectivity index (χ1n) is 28.9. The van der Waals surface area contributed by atoms with E-state index in [-0.39, 0.29) is 10.8 Å². The van der Waals surface area contributed by atoms with Crippen LogP contribution in [-0.4, -0.2) is 0 Å². The molecule has 0 fully saturated rings. The van der Waals surface area contributed by atoms with Gasteiger partial charge in [0.15, 0.2) is 0 Å². The van der Waals surface area contributed by atoms with Crippen molar-refractivity contribution in [2.45, 2.75) is 68.1 Å². The normalized spacial score (nSPS) is 16.9. The van der Waals surface area contributed by atoms with Crippen molar-refractivity contribution < 1.29 is 0 Å². The predicted octanol–water partition coefficient (Wildman–Crippen LogP) is 20.0. The maximum atomic E-state index is 2.60. The van der Waals surface area contributed by atoms with Gasteiger partial charge >= 0.3 is 0 Å². The number of hydrogen-bond acceptors (Lipinski definition) is 1. The van der Waals surface area contributed by atoms with Crippen molar-refractivity contribution in [1.82, 2.24) is 0 Å². The summed E-state index contributed by atoms with van der Waals surface area (Å²) in [6.07, 6.45) is 18.5. The van der Waals surface area contributed by atoms with E-state index in [1.54, 1.807) is 0 Å². The van der Waals surface area contributed by atoms with Crippen LogP contribution in [0.4, 0.5) is 17.1 Å². The summed E-state index contributed by atoms with van der Waals surface area (Å²) < 4.78 is 0. The Labute approximate surface area is 472 Å². The lowest BCUT2D eigenvalue weighted by atomic mass is 9.51. The smallest absolute Gasteiger partial charge is 0.0720 e. The molecule has 10 aromatic carbocycles. The number of nitrogens with zero attached hydrogens (tertiary/aromatic N) is 1. The van der Waals surface area contributed by atoms with Crippen molar-refractivity contribution in [3.63, 3.8) is 0 Å². The summed E-state index contributed by atoms with van der Waals surface area (Å²) in [5.41, 5.74) is 26.5. The lowest BCUT2D eigenvalue weighted by Gasteiger charge is -2.50. The summed E-state index contributed by atoms with van der Waals surface area (Å²) >= 11 is 0. The van der Waals surface area contributed by atoms with Gasteiger partial charge in [-0.25, -0.2) is 0 Å². The van der Waals surface area contributed by atoms with E-state index in [1.165, 1.54) is 106 Å². The molecular weight excluding hydrogens is 963 g/mol. The third kappa shape index (κ3) is 6.77. The summed E-state index contributed by atoms with van der Waals surface area (Å²) in [5, 5.41) is 0. The van der Waals surface area contributed by atoms with Crippen molar-refractivity contribution in [3.05, 3.63) is 351 Å². The van der Waals surface area contributed by atoms with Crippen LogP contribution in [-0.2, 0) is 21.7 Å². The minimum absolute atomic E-state index is 0.200. The number of allylic oxidation sites excluding steroid dienone is 8. The summed E-state index contributed by atoms with van der Waals surface area (Å²) in [6, 6.07) is 92.8. The maximum Gasteiger partial charge on any atom is 0.0720 e. The van der Waals surface area contributed by atoms with Crippen LogP contribution >= 0.6 is 0 Å². The van der Waals surface area contributed by atoms with Crippen LogP contribution in [0.15, 0.2) is 290 Å². The Bertz CT molecular complexity index is 4150. The zero-order valence-corrected chi connectivity index (χ0v) is 45.8. The van der Waals surface area contributed by atoms with Gasteiger partial charge in [0.1, 0.15) is 0 Å². The van der Waals surface area contributed by atoms with Gasteiger partial charge in [-0.3, -0.25) is 0 Å². The molecule has 0 heterocycles. The van der Waals surface area contributed by atoms with Crippen LogP contribution in [0.1, 0.15) is 108 Å². The Morgan fingerprint density at radius 1 is 0.388 bits per heavy atom. The van der Waals surface area contributed by atoms with E-state index in [0.717, 1.165) is 42.7 Å². The molecule has 0 aliphatic heterocycles. The van der Waals surface area contributed by atoms with Crippen LogP contribution in [0.5, 0.6) is 0 Å². The van der Waals surface area contributed by atoms with Crippen molar-refractivity contribution in [2.75, 3.05) is 4.90 Å². The fourth-order valence-corrected chi connectivity index (χ4v) is 15.5. The molecule has 5 aliphatic rings. The molecule has 80 heavy (non-hydrogen) atoms. The van der Waals surface area contributed by atoms with Gasteiger partial charge in [-0.05, 0) is 158 Å². The molecule has 15 rings (SSSR count). The second-order valence-electron chi connectivity index (χ2n) is 23.3. The molecule has 0 saturated heterocycles. The molecule has 10 aromatic rings. The molecule has 0 saturated carbocycles. The second kappa shape index (κ2) is 18.5. The summed E-state index contributed by atoms with van der Waals surface area (Å²) in [4.78, 5) is 2.60. The molecule has 0 N–H and O–H groups in total. The van der Waals surface area contributed by atoms with Crippen molar-refractivity contribution in [2.24, 2.45) is 0 Å². The molecule has 1 atom stereocenters. The Kier molecular flexibility index (Phi) is 11.2. The van der Waals surface area contributed by atoms with E-state index in [9.17, 15) is 0 Å². The van der Waals surface area contributed by atoms with Crippen molar-refractivity contribution in [3.8, 4) is 33.4 Å². The minimum Gasteiger partial charge on any atom is -0.310 e. The average molecular weight is 1030 g/mol. The predicted molar refractivity (Wildman–Crippen MR) is 334 cm³/mol. The van der Waals surface area contributed by atoms with Crippen LogP contribution in [0.3, 0.4) is 0 Å². The number of anilines is 3. The van der Waals surface area contributed by atoms with Crippen LogP contribution in [0.2, 0.25) is 0 Å². The summed E-state index contributed by atoms with van der Waals surface area (Å²) in [7, 11) is 0. The quantitative estimate of drug-likeness (QED) is 0.139. The Balaban J connectivity index is 1.01. The number of fused-ring (bicyclic) bond motifs is 12. The van der Waals surface area contributed by atoms with E-state index in [4.69, 9.17) is 0 Å². The highest BCUT2D eigenvalue weighted by Crippen LogP contribution is 2.65. The van der Waals surface area contributed by atoms with Gasteiger partial charge in [0, 0.05) is 27.8 Å². The maximum absolute atomic E-state index is 2.60. The van der Waals surface area contributed by atoms with Gasteiger partial charge in [-0.1, -0.05) is 268 Å². The first kappa shape index (κ1) is 48.1. The number of rotatable bonds is 9. The van der Waals surface area contributed by atoms with Gasteiger partial charge in [0.25, 0.3) is 0 Å². The van der Waals surface area contributed by atoms with Gasteiger partial charge < -0.3 is 4.90 Å². The average Bonchev–Trinajstić information content (AvgIpc) is 2.61. The zero-order valence-electron chi connectivity index (χ0n) is 45.8. The topological polar surface area (TPSA) is 3.24 Å². The van der Waals surface area contributed by atoms with Gasteiger partial charge in [-0.15, -0.1) is 0 Å². The van der Waals surface area contributed by atoms with E-state index < -0.39 is 10.8 Å². The molecule has 384 valence electrons. The highest BCUT2D eigenvalue weighted by molar-refractivity contribution is 5.95. The summed E-state index contributed by atoms with van der Waals surface area (Å²) in [6.45, 7) is 7.29. The Hall–Kier alpha value is -9.04. The zero-order chi connectivity index (χ0) is 53.6. The third-order valence-electron chi connectivity index (χ3n) is 19.1. The van der Waals surface area contributed by atoms with E-state index in [2.05, 4.69) is 305 Å². The second-order valence-corrected chi connectivity index (χ2v) is 23.3. The highest BCUT2D eigenvalue weighted by atomic mass is 15.1. The molecular formula is C79H63N. The number of hydrogen-bond donors (Lipinski definition) is 0. The lowest BCUT2D eigenvalue weighted by Crippen LogP contribution is -2.44. The monoisotopic (exact) mass is 1030 g/mol. The fourth-order valence-electron chi connectivity index (χ4n) is 15.5. The number of para-hydroxylation sites is 1. The van der Waals surface area contributed by atoms with Gasteiger partial charge in [0.05, 0.1) is 16.5 Å². The molecule has 1 heteroatoms. The van der Waals surface area contributed by atoms with E-state index in [0.29, 0.717) is 0 Å². The van der Waals surface area contributed by atoms with Gasteiger partial charge in [0.2, 0.25) is 0 Å². The molecule has 0 radical (unpaired) electrons. The molecule has 0 amide bonds. The fraction of sp³-hybridized carbons (Fsp3) is 0.139. The molecule has 1 unspecified atom stereocenters. The molecule has 5 aliphatic carbocycles. The standard InChI is InChI=1S/C79H63N/c1-76(2)66-40-20-16-36-60(66)63-50-48-58(52-73(63)76)80(75-47-27-19-39-65(75)62-38-17-21-41-67(62)77(3,54-28-8-4-9-29-54)55-30-10-5-11-31-55)59-49-51-64-61-37-18-22-42-68(61)79(74(64)53-59)71-45-25-23-43-69(71)78(56-32-12-6-13-33-56,57-34-14-7-15-35-57)70-44-24-26-46-72(70)79/h4,6-8,10,12-28,30-53H,5,9,11,29H2,1-3H3. The van der Waals surface area contributed by atoms with Crippen LogP contribution in [0.25, 0.3) is 33.4 Å². The minimum atomic E-state index is -0.660. The molecule has 0 aromatic heterocycles. The van der Waals surface area contributed by atoms with Gasteiger partial charge in [-0.2, -0.15) is 0 Å². The Morgan fingerprint density at radius 2 is 0.875 bits per heavy atom. The van der Waals surface area contributed by atoms with Crippen LogP contribution in [0, 0.1) is 0 Å². The highest BCUT2D eigenvalue weighted by Gasteiger charge is 2.57. The van der Waals surface area contributed by atoms with E-state index >= 15 is 0 Å². The van der Waals surface area contributed by atoms with Crippen molar-refractivity contribution >= 4 is 17.1 Å². The molecule has 1 nitrogen and oxygen atoms in total. The first-order valence-corrected chi connectivity index (χ1v) is 28.9. The van der Waals surface area contributed by atoms with E-state index in [1.807, 2.05) is 0 Å². The third-order valence-corrected chi connectivity index (χ3v) is 19.1. The lowest BCUT2D eigenvalue weighted by molar-refractivity contribution is 0.623. The largest absolute Gasteiger partial charge is 0.310 e. The number of benzene rings is 10. The first-order chi connectivity index (χ1) is 39.4. The summed E-state index contributed by atoms with van der Waals surface area (Å²) in [5.74, 6) is 0. The van der Waals surface area contributed by atoms with Crippen molar-refractivity contribution in [1.29, 1.82) is 0 Å². The molecule has 0 bridgehead atoms. The SMILES string of the molecule is CC(C1=CCCC=C1)(C1=CC=CCC1)c1ccccc1-c1ccccc1N(c1ccc2c(c1)C(C)(C)c1ccccc1-2)c1ccc2c(c1)C1(c3ccccc3-2)c2ccccc2C(c2ccccc2)(c2ccccc2)c2ccccc21. The molecule has 1 spiro atoms. The Morgan fingerprint density at radius 3 is 1.48 bits per heavy atom.